The van der Waals surface area contributed by atoms with E-state index in [1.165, 1.54) is 51.4 Å². The highest BCUT2D eigenvalue weighted by atomic mass is 14.6. The number of rotatable bonds is 10. The number of allylic oxidation sites excluding steroid dienone is 2. The smallest absolute Gasteiger partial charge is 0.00104 e. The van der Waals surface area contributed by atoms with E-state index >= 15 is 0 Å². The monoisotopic (exact) mass is 225 g/mol. The third-order valence-electron chi connectivity index (χ3n) is 3.09. The molecular formula is C15H31N. The molecule has 0 spiro atoms. The summed E-state index contributed by atoms with van der Waals surface area (Å²) in [5.41, 5.74) is 5.71. The molecule has 16 heavy (non-hydrogen) atoms. The molecule has 0 bridgehead atoms. The second-order valence-corrected chi connectivity index (χ2v) is 5.18. The Morgan fingerprint density at radius 3 is 1.88 bits per heavy atom. The Bertz CT molecular complexity index is 161. The minimum atomic E-state index is 0.390. The molecule has 2 unspecified atom stereocenters. The first-order chi connectivity index (χ1) is 7.66. The summed E-state index contributed by atoms with van der Waals surface area (Å²) < 4.78 is 0. The van der Waals surface area contributed by atoms with Crippen molar-refractivity contribution in [2.24, 2.45) is 11.7 Å². The van der Waals surface area contributed by atoms with Gasteiger partial charge in [0.05, 0.1) is 0 Å². The van der Waals surface area contributed by atoms with Crippen molar-refractivity contribution in [3.05, 3.63) is 12.2 Å². The summed E-state index contributed by atoms with van der Waals surface area (Å²) in [6, 6.07) is 0.390. The maximum absolute atomic E-state index is 5.71. The first-order valence-electron chi connectivity index (χ1n) is 7.05. The number of hydrogen-bond acceptors (Lipinski definition) is 1. The van der Waals surface area contributed by atoms with Gasteiger partial charge in [0.15, 0.2) is 0 Å². The molecule has 0 saturated carbocycles. The van der Waals surface area contributed by atoms with Crippen molar-refractivity contribution < 1.29 is 0 Å². The Labute approximate surface area is 102 Å². The van der Waals surface area contributed by atoms with Gasteiger partial charge in [-0.2, -0.15) is 0 Å². The molecule has 2 atom stereocenters. The van der Waals surface area contributed by atoms with E-state index in [4.69, 9.17) is 5.73 Å². The van der Waals surface area contributed by atoms with E-state index in [1.54, 1.807) is 0 Å². The van der Waals surface area contributed by atoms with Gasteiger partial charge in [-0.05, 0) is 32.6 Å². The summed E-state index contributed by atoms with van der Waals surface area (Å²) in [4.78, 5) is 0. The minimum absolute atomic E-state index is 0.390. The number of hydrogen-bond donors (Lipinski definition) is 1. The summed E-state index contributed by atoms with van der Waals surface area (Å²) in [6.07, 6.45) is 15.3. The quantitative estimate of drug-likeness (QED) is 0.424. The first kappa shape index (κ1) is 15.7. The van der Waals surface area contributed by atoms with E-state index in [0.29, 0.717) is 6.04 Å². The van der Waals surface area contributed by atoms with Crippen LogP contribution in [0.5, 0.6) is 0 Å². The van der Waals surface area contributed by atoms with Crippen LogP contribution < -0.4 is 5.73 Å². The zero-order valence-corrected chi connectivity index (χ0v) is 11.5. The Balaban J connectivity index is 3.09. The van der Waals surface area contributed by atoms with Crippen LogP contribution in [0.25, 0.3) is 0 Å². The fourth-order valence-corrected chi connectivity index (χ4v) is 2.06. The first-order valence-corrected chi connectivity index (χ1v) is 7.05. The van der Waals surface area contributed by atoms with E-state index in [9.17, 15) is 0 Å². The molecule has 0 rings (SSSR count). The molecule has 0 aliphatic carbocycles. The summed E-state index contributed by atoms with van der Waals surface area (Å²) in [5.74, 6) is 0.767. The van der Waals surface area contributed by atoms with Gasteiger partial charge in [0, 0.05) is 6.04 Å². The Hall–Kier alpha value is -0.300. The molecule has 0 amide bonds. The zero-order chi connectivity index (χ0) is 12.2. The normalized spacial score (nSPS) is 15.5. The largest absolute Gasteiger partial charge is 0.328 e. The maximum Gasteiger partial charge on any atom is 0.00104 e. The van der Waals surface area contributed by atoms with Gasteiger partial charge >= 0.3 is 0 Å². The average Bonchev–Trinajstić information content (AvgIpc) is 2.22. The lowest BCUT2D eigenvalue weighted by molar-refractivity contribution is 0.522. The van der Waals surface area contributed by atoms with Crippen LogP contribution in [0.3, 0.4) is 0 Å². The molecule has 0 aromatic heterocycles. The van der Waals surface area contributed by atoms with Gasteiger partial charge in [-0.15, -0.1) is 0 Å². The minimum Gasteiger partial charge on any atom is -0.328 e. The summed E-state index contributed by atoms with van der Waals surface area (Å²) in [5, 5.41) is 0. The van der Waals surface area contributed by atoms with Crippen molar-refractivity contribution in [1.29, 1.82) is 0 Å². The molecule has 0 saturated heterocycles. The van der Waals surface area contributed by atoms with Crippen molar-refractivity contribution in [2.75, 3.05) is 0 Å². The topological polar surface area (TPSA) is 26.0 Å². The van der Waals surface area contributed by atoms with Crippen molar-refractivity contribution >= 4 is 0 Å². The SMILES string of the molecule is CC=CC(C)CCCCCCCCC(C)N. The van der Waals surface area contributed by atoms with Crippen molar-refractivity contribution in [1.82, 2.24) is 0 Å². The predicted molar refractivity (Wildman–Crippen MR) is 74.6 cm³/mol. The van der Waals surface area contributed by atoms with E-state index in [1.807, 2.05) is 0 Å². The van der Waals surface area contributed by atoms with Gasteiger partial charge in [-0.25, -0.2) is 0 Å². The second kappa shape index (κ2) is 11.2. The molecule has 0 aliphatic rings. The fraction of sp³-hybridized carbons (Fsp3) is 0.867. The summed E-state index contributed by atoms with van der Waals surface area (Å²) >= 11 is 0. The average molecular weight is 225 g/mol. The van der Waals surface area contributed by atoms with Crippen molar-refractivity contribution in [3.8, 4) is 0 Å². The van der Waals surface area contributed by atoms with Gasteiger partial charge < -0.3 is 5.73 Å². The van der Waals surface area contributed by atoms with Crippen LogP contribution >= 0.6 is 0 Å². The molecule has 1 heteroatoms. The Morgan fingerprint density at radius 2 is 1.38 bits per heavy atom. The van der Waals surface area contributed by atoms with E-state index in [-0.39, 0.29) is 0 Å². The molecule has 0 aliphatic heterocycles. The zero-order valence-electron chi connectivity index (χ0n) is 11.5. The molecular weight excluding hydrogens is 194 g/mol. The van der Waals surface area contributed by atoms with Crippen LogP contribution in [0.15, 0.2) is 12.2 Å². The highest BCUT2D eigenvalue weighted by molar-refractivity contribution is 4.82. The van der Waals surface area contributed by atoms with Gasteiger partial charge in [0.2, 0.25) is 0 Å². The molecule has 0 aromatic carbocycles. The lowest BCUT2D eigenvalue weighted by Crippen LogP contribution is -2.13. The van der Waals surface area contributed by atoms with Gasteiger partial charge in [0.1, 0.15) is 0 Å². The Kier molecular flexibility index (Phi) is 11.0. The van der Waals surface area contributed by atoms with E-state index in [0.717, 1.165) is 5.92 Å². The molecule has 0 radical (unpaired) electrons. The van der Waals surface area contributed by atoms with Gasteiger partial charge in [0.25, 0.3) is 0 Å². The van der Waals surface area contributed by atoms with E-state index < -0.39 is 0 Å². The number of nitrogens with two attached hydrogens (primary N) is 1. The lowest BCUT2D eigenvalue weighted by atomic mass is 10.0. The van der Waals surface area contributed by atoms with Crippen LogP contribution in [0.1, 0.15) is 72.1 Å². The standard InChI is InChI=1S/C15H31N/c1-4-11-14(2)12-9-7-5-6-8-10-13-15(3)16/h4,11,14-15H,5-10,12-13,16H2,1-3H3. The van der Waals surface area contributed by atoms with Crippen molar-refractivity contribution in [3.63, 3.8) is 0 Å². The molecule has 2 N–H and O–H groups in total. The van der Waals surface area contributed by atoms with Crippen LogP contribution in [0, 0.1) is 5.92 Å². The molecule has 96 valence electrons. The highest BCUT2D eigenvalue weighted by Crippen LogP contribution is 2.13. The number of unbranched alkanes of at least 4 members (excludes halogenated alkanes) is 5. The molecule has 0 fully saturated rings. The molecule has 0 aromatic rings. The Morgan fingerprint density at radius 1 is 0.875 bits per heavy atom. The molecule has 0 heterocycles. The van der Waals surface area contributed by atoms with E-state index in [2.05, 4.69) is 32.9 Å². The lowest BCUT2D eigenvalue weighted by Gasteiger charge is -2.06. The van der Waals surface area contributed by atoms with Crippen LogP contribution in [0.4, 0.5) is 0 Å². The predicted octanol–water partition coefficient (Wildman–Crippen LogP) is 4.67. The molecule has 1 nitrogen and oxygen atoms in total. The van der Waals surface area contributed by atoms with Crippen LogP contribution in [-0.2, 0) is 0 Å². The summed E-state index contributed by atoms with van der Waals surface area (Å²) in [6.45, 7) is 6.51. The fourth-order valence-electron chi connectivity index (χ4n) is 2.06. The highest BCUT2D eigenvalue weighted by Gasteiger charge is 1.97. The van der Waals surface area contributed by atoms with Gasteiger partial charge in [-0.3, -0.25) is 0 Å². The maximum atomic E-state index is 5.71. The van der Waals surface area contributed by atoms with Gasteiger partial charge in [-0.1, -0.05) is 57.6 Å². The second-order valence-electron chi connectivity index (χ2n) is 5.18. The van der Waals surface area contributed by atoms with Crippen LogP contribution in [0.2, 0.25) is 0 Å². The van der Waals surface area contributed by atoms with Crippen molar-refractivity contribution in [2.45, 2.75) is 78.2 Å². The third kappa shape index (κ3) is 11.8. The third-order valence-corrected chi connectivity index (χ3v) is 3.09. The van der Waals surface area contributed by atoms with Crippen LogP contribution in [-0.4, -0.2) is 6.04 Å². The summed E-state index contributed by atoms with van der Waals surface area (Å²) in [7, 11) is 0.